The molecule has 136 valence electrons. The fraction of sp³-hybridized carbons (Fsp3) is 0.158. The molecule has 8 heteroatoms. The molecule has 0 aliphatic carbocycles. The number of hydrogen-bond acceptors (Lipinski definition) is 6. The fourth-order valence-electron chi connectivity index (χ4n) is 3.20. The molecule has 0 radical (unpaired) electrons. The van der Waals surface area contributed by atoms with Gasteiger partial charge in [0.2, 0.25) is 5.95 Å². The summed E-state index contributed by atoms with van der Waals surface area (Å²) in [5.74, 6) is 0.997. The van der Waals surface area contributed by atoms with Crippen molar-refractivity contribution < 1.29 is 9.53 Å². The fourth-order valence-corrected chi connectivity index (χ4v) is 3.20. The molecule has 2 aromatic heterocycles. The molecule has 3 aromatic rings. The third-order valence-corrected chi connectivity index (χ3v) is 4.39. The van der Waals surface area contributed by atoms with Crippen molar-refractivity contribution in [2.24, 2.45) is 0 Å². The zero-order chi connectivity index (χ0) is 18.8. The third-order valence-electron chi connectivity index (χ3n) is 4.39. The van der Waals surface area contributed by atoms with E-state index in [9.17, 15) is 4.79 Å². The zero-order valence-electron chi connectivity index (χ0n) is 14.9. The lowest BCUT2D eigenvalue weighted by molar-refractivity contribution is -0.113. The molecule has 2 N–H and O–H groups in total. The zero-order valence-corrected chi connectivity index (χ0v) is 14.9. The number of methoxy groups -OCH3 is 1. The number of allylic oxidation sites excluding steroid dienone is 1. The Morgan fingerprint density at radius 3 is 2.89 bits per heavy atom. The number of nitrogens with zero attached hydrogens (tertiary/aromatic N) is 4. The molecule has 1 unspecified atom stereocenters. The van der Waals surface area contributed by atoms with Crippen LogP contribution >= 0.6 is 0 Å². The number of anilines is 2. The smallest absolute Gasteiger partial charge is 0.255 e. The molecule has 4 rings (SSSR count). The minimum Gasteiger partial charge on any atom is -0.496 e. The van der Waals surface area contributed by atoms with Crippen LogP contribution in [0.25, 0.3) is 0 Å². The predicted octanol–water partition coefficient (Wildman–Crippen LogP) is 2.61. The molecular weight excluding hydrogens is 344 g/mol. The van der Waals surface area contributed by atoms with Crippen LogP contribution in [0.5, 0.6) is 5.75 Å². The monoisotopic (exact) mass is 362 g/mol. The number of pyridine rings is 1. The van der Waals surface area contributed by atoms with Gasteiger partial charge in [0.05, 0.1) is 24.6 Å². The summed E-state index contributed by atoms with van der Waals surface area (Å²) in [6.07, 6.45) is 4.71. The van der Waals surface area contributed by atoms with E-state index in [0.29, 0.717) is 28.7 Å². The van der Waals surface area contributed by atoms with Gasteiger partial charge >= 0.3 is 0 Å². The molecular formula is C19H18N6O2. The summed E-state index contributed by atoms with van der Waals surface area (Å²) in [4.78, 5) is 21.4. The van der Waals surface area contributed by atoms with Crippen LogP contribution in [0.4, 0.5) is 11.6 Å². The first kappa shape index (κ1) is 16.8. The minimum atomic E-state index is -0.475. The number of rotatable bonds is 4. The summed E-state index contributed by atoms with van der Waals surface area (Å²) < 4.78 is 7.21. The SMILES string of the molecule is COc1ccccc1C1C(C(=O)Nc2cccnc2)=C(C)Nc2ncnn21. The number of ether oxygens (including phenoxy) is 1. The van der Waals surface area contributed by atoms with Crippen molar-refractivity contribution in [1.82, 2.24) is 19.7 Å². The highest BCUT2D eigenvalue weighted by molar-refractivity contribution is 6.06. The van der Waals surface area contributed by atoms with Gasteiger partial charge in [0.15, 0.2) is 0 Å². The second-order valence-corrected chi connectivity index (χ2v) is 6.03. The second kappa shape index (κ2) is 6.91. The molecule has 1 aliphatic heterocycles. The van der Waals surface area contributed by atoms with Gasteiger partial charge in [-0.25, -0.2) is 4.68 Å². The lowest BCUT2D eigenvalue weighted by atomic mass is 9.94. The maximum absolute atomic E-state index is 13.2. The van der Waals surface area contributed by atoms with Crippen LogP contribution < -0.4 is 15.4 Å². The lowest BCUT2D eigenvalue weighted by Gasteiger charge is -2.29. The lowest BCUT2D eigenvalue weighted by Crippen LogP contribution is -2.31. The maximum atomic E-state index is 13.2. The first-order valence-electron chi connectivity index (χ1n) is 8.40. The van der Waals surface area contributed by atoms with Crippen molar-refractivity contribution in [3.05, 3.63) is 72.0 Å². The second-order valence-electron chi connectivity index (χ2n) is 6.03. The van der Waals surface area contributed by atoms with Gasteiger partial charge in [-0.15, -0.1) is 0 Å². The van der Waals surface area contributed by atoms with E-state index in [-0.39, 0.29) is 5.91 Å². The number of benzene rings is 1. The molecule has 1 atom stereocenters. The van der Waals surface area contributed by atoms with Crippen LogP contribution in [0.3, 0.4) is 0 Å². The Morgan fingerprint density at radius 1 is 1.26 bits per heavy atom. The van der Waals surface area contributed by atoms with Gasteiger partial charge in [0.1, 0.15) is 18.1 Å². The molecule has 0 fully saturated rings. The number of fused-ring (bicyclic) bond motifs is 1. The van der Waals surface area contributed by atoms with E-state index in [0.717, 1.165) is 5.56 Å². The van der Waals surface area contributed by atoms with E-state index >= 15 is 0 Å². The highest BCUT2D eigenvalue weighted by atomic mass is 16.5. The quantitative estimate of drug-likeness (QED) is 0.741. The van der Waals surface area contributed by atoms with Gasteiger partial charge in [0.25, 0.3) is 5.91 Å². The van der Waals surface area contributed by atoms with Crippen LogP contribution in [-0.4, -0.2) is 32.8 Å². The number of amides is 1. The Hall–Kier alpha value is -3.68. The van der Waals surface area contributed by atoms with Crippen molar-refractivity contribution in [2.75, 3.05) is 17.7 Å². The summed E-state index contributed by atoms with van der Waals surface area (Å²) in [7, 11) is 1.61. The van der Waals surface area contributed by atoms with Crippen molar-refractivity contribution in [3.8, 4) is 5.75 Å². The van der Waals surface area contributed by atoms with Gasteiger partial charge in [0, 0.05) is 17.5 Å². The van der Waals surface area contributed by atoms with E-state index in [1.165, 1.54) is 6.33 Å². The Bertz CT molecular complexity index is 1010. The standard InChI is InChI=1S/C19H18N6O2/c1-12-16(18(26)24-13-6-5-9-20-10-13)17(25-19(23-12)21-11-22-25)14-7-3-4-8-15(14)27-2/h3-11,17H,1-2H3,(H,24,26)(H,21,22,23). The van der Waals surface area contributed by atoms with E-state index in [4.69, 9.17) is 4.74 Å². The largest absolute Gasteiger partial charge is 0.496 e. The van der Waals surface area contributed by atoms with Crippen molar-refractivity contribution in [2.45, 2.75) is 13.0 Å². The van der Waals surface area contributed by atoms with E-state index in [1.807, 2.05) is 31.2 Å². The van der Waals surface area contributed by atoms with E-state index < -0.39 is 6.04 Å². The molecule has 0 saturated heterocycles. The molecule has 0 saturated carbocycles. The average molecular weight is 362 g/mol. The van der Waals surface area contributed by atoms with Gasteiger partial charge in [-0.3, -0.25) is 9.78 Å². The summed E-state index contributed by atoms with van der Waals surface area (Å²) in [5, 5.41) is 10.4. The number of aromatic nitrogens is 4. The Kier molecular flexibility index (Phi) is 4.29. The maximum Gasteiger partial charge on any atom is 0.255 e. The molecule has 1 amide bonds. The first-order chi connectivity index (χ1) is 13.2. The van der Waals surface area contributed by atoms with Crippen LogP contribution in [-0.2, 0) is 4.79 Å². The summed E-state index contributed by atoms with van der Waals surface area (Å²) in [5.41, 5.74) is 2.67. The summed E-state index contributed by atoms with van der Waals surface area (Å²) in [6, 6.07) is 10.7. The summed E-state index contributed by atoms with van der Waals surface area (Å²) in [6.45, 7) is 1.85. The Morgan fingerprint density at radius 2 is 2.11 bits per heavy atom. The van der Waals surface area contributed by atoms with E-state index in [1.54, 1.807) is 36.3 Å². The normalized spacial score (nSPS) is 15.7. The Balaban J connectivity index is 1.81. The van der Waals surface area contributed by atoms with Crippen molar-refractivity contribution in [1.29, 1.82) is 0 Å². The average Bonchev–Trinajstić information content (AvgIpc) is 3.15. The third kappa shape index (κ3) is 3.01. The van der Waals surface area contributed by atoms with Crippen LogP contribution in [0, 0.1) is 0 Å². The molecule has 27 heavy (non-hydrogen) atoms. The van der Waals surface area contributed by atoms with Crippen LogP contribution in [0.1, 0.15) is 18.5 Å². The number of nitrogens with one attached hydrogen (secondary N) is 2. The number of carbonyl (C=O) groups is 1. The highest BCUT2D eigenvalue weighted by Crippen LogP contribution is 2.38. The molecule has 1 aliphatic rings. The van der Waals surface area contributed by atoms with Gasteiger partial charge < -0.3 is 15.4 Å². The molecule has 3 heterocycles. The van der Waals surface area contributed by atoms with E-state index in [2.05, 4.69) is 25.7 Å². The van der Waals surface area contributed by atoms with Gasteiger partial charge in [-0.05, 0) is 25.1 Å². The van der Waals surface area contributed by atoms with Crippen molar-refractivity contribution in [3.63, 3.8) is 0 Å². The van der Waals surface area contributed by atoms with Gasteiger partial charge in [-0.1, -0.05) is 18.2 Å². The number of hydrogen-bond donors (Lipinski definition) is 2. The van der Waals surface area contributed by atoms with Crippen molar-refractivity contribution >= 4 is 17.5 Å². The molecule has 8 nitrogen and oxygen atoms in total. The molecule has 0 spiro atoms. The van der Waals surface area contributed by atoms with Crippen LogP contribution in [0.2, 0.25) is 0 Å². The topological polar surface area (TPSA) is 94.0 Å². The van der Waals surface area contributed by atoms with Crippen LogP contribution in [0.15, 0.2) is 66.4 Å². The summed E-state index contributed by atoms with van der Waals surface area (Å²) >= 11 is 0. The number of carbonyl (C=O) groups excluding carboxylic acids is 1. The minimum absolute atomic E-state index is 0.245. The highest BCUT2D eigenvalue weighted by Gasteiger charge is 2.35. The van der Waals surface area contributed by atoms with Gasteiger partial charge in [-0.2, -0.15) is 10.1 Å². The molecule has 0 bridgehead atoms. The Labute approximate surface area is 155 Å². The number of para-hydroxylation sites is 1. The first-order valence-corrected chi connectivity index (χ1v) is 8.40. The molecule has 1 aromatic carbocycles. The predicted molar refractivity (Wildman–Crippen MR) is 100 cm³/mol.